The molecule has 1 heterocycles. The van der Waals surface area contributed by atoms with E-state index < -0.39 is 29.5 Å². The smallest absolute Gasteiger partial charge is 0.246 e. The minimum atomic E-state index is -0.787. The molecule has 7 heteroatoms. The van der Waals surface area contributed by atoms with Gasteiger partial charge in [0.25, 0.3) is 0 Å². The van der Waals surface area contributed by atoms with Crippen LogP contribution in [-0.4, -0.2) is 24.4 Å². The van der Waals surface area contributed by atoms with Crippen LogP contribution in [0.2, 0.25) is 0 Å². The summed E-state index contributed by atoms with van der Waals surface area (Å²) in [4.78, 5) is 23.8. The SMILES string of the molecule is C[C@H](NC(=O)Cc1cc(F)cc(F)c1)C(=O)NC1=CCN[C]=C1. The molecule has 5 nitrogen and oxygen atoms in total. The Labute approximate surface area is 132 Å². The van der Waals surface area contributed by atoms with Crippen LogP contribution >= 0.6 is 0 Å². The first-order chi connectivity index (χ1) is 10.9. The number of dihydropyridines is 1. The maximum absolute atomic E-state index is 13.1. The molecule has 0 bridgehead atoms. The highest BCUT2D eigenvalue weighted by Crippen LogP contribution is 2.08. The van der Waals surface area contributed by atoms with Crippen LogP contribution in [0.5, 0.6) is 0 Å². The minimum Gasteiger partial charge on any atom is -0.380 e. The maximum atomic E-state index is 13.1. The van der Waals surface area contributed by atoms with E-state index in [1.165, 1.54) is 6.92 Å². The maximum Gasteiger partial charge on any atom is 0.246 e. The number of hydrogen-bond acceptors (Lipinski definition) is 3. The minimum absolute atomic E-state index is 0.200. The molecular formula is C16H16F2N3O2. The highest BCUT2D eigenvalue weighted by molar-refractivity contribution is 5.89. The second-order valence-electron chi connectivity index (χ2n) is 5.06. The van der Waals surface area contributed by atoms with E-state index in [4.69, 9.17) is 0 Å². The first-order valence-electron chi connectivity index (χ1n) is 7.01. The quantitative estimate of drug-likeness (QED) is 0.756. The predicted octanol–water partition coefficient (Wildman–Crippen LogP) is 0.932. The van der Waals surface area contributed by atoms with Crippen LogP contribution in [0.1, 0.15) is 12.5 Å². The van der Waals surface area contributed by atoms with E-state index in [1.807, 2.05) is 0 Å². The zero-order valence-electron chi connectivity index (χ0n) is 12.5. The molecule has 0 spiro atoms. The molecule has 2 rings (SSSR count). The number of benzene rings is 1. The normalized spacial score (nSPS) is 14.5. The summed E-state index contributed by atoms with van der Waals surface area (Å²) in [5.74, 6) is -2.40. The zero-order valence-corrected chi connectivity index (χ0v) is 12.5. The van der Waals surface area contributed by atoms with Gasteiger partial charge in [0.2, 0.25) is 11.8 Å². The van der Waals surface area contributed by atoms with Crippen molar-refractivity contribution in [2.24, 2.45) is 0 Å². The van der Waals surface area contributed by atoms with Crippen molar-refractivity contribution < 1.29 is 18.4 Å². The second-order valence-corrected chi connectivity index (χ2v) is 5.06. The Balaban J connectivity index is 1.87. The number of carbonyl (C=O) groups is 2. The number of halogens is 2. The molecule has 2 amide bonds. The van der Waals surface area contributed by atoms with E-state index in [-0.39, 0.29) is 12.0 Å². The number of amides is 2. The third-order valence-electron chi connectivity index (χ3n) is 3.08. The largest absolute Gasteiger partial charge is 0.380 e. The molecule has 121 valence electrons. The lowest BCUT2D eigenvalue weighted by Crippen LogP contribution is -2.45. The lowest BCUT2D eigenvalue weighted by molar-refractivity contribution is -0.127. The Bertz CT molecular complexity index is 651. The Morgan fingerprint density at radius 3 is 2.61 bits per heavy atom. The summed E-state index contributed by atoms with van der Waals surface area (Å²) in [6.45, 7) is 2.08. The van der Waals surface area contributed by atoms with E-state index in [2.05, 4.69) is 22.2 Å². The fourth-order valence-electron chi connectivity index (χ4n) is 2.00. The molecule has 1 aliphatic heterocycles. The third kappa shape index (κ3) is 5.21. The highest BCUT2D eigenvalue weighted by Gasteiger charge is 2.17. The summed E-state index contributed by atoms with van der Waals surface area (Å²) >= 11 is 0. The van der Waals surface area contributed by atoms with Gasteiger partial charge in [0.1, 0.15) is 17.7 Å². The van der Waals surface area contributed by atoms with Crippen LogP contribution in [0.3, 0.4) is 0 Å². The van der Waals surface area contributed by atoms with Crippen molar-refractivity contribution in [3.05, 3.63) is 59.4 Å². The van der Waals surface area contributed by atoms with Crippen molar-refractivity contribution in [3.8, 4) is 0 Å². The molecule has 0 fully saturated rings. The molecule has 1 aliphatic rings. The van der Waals surface area contributed by atoms with Gasteiger partial charge in [-0.1, -0.05) is 0 Å². The van der Waals surface area contributed by atoms with Gasteiger partial charge >= 0.3 is 0 Å². The molecule has 1 aromatic rings. The Hall–Kier alpha value is -2.70. The van der Waals surface area contributed by atoms with Gasteiger partial charge in [-0.15, -0.1) is 0 Å². The molecule has 0 unspecified atom stereocenters. The first-order valence-corrected chi connectivity index (χ1v) is 7.01. The van der Waals surface area contributed by atoms with Crippen molar-refractivity contribution >= 4 is 11.8 Å². The zero-order chi connectivity index (χ0) is 16.8. The molecule has 1 aromatic carbocycles. The molecular weight excluding hydrogens is 304 g/mol. The third-order valence-corrected chi connectivity index (χ3v) is 3.08. The van der Waals surface area contributed by atoms with Crippen LogP contribution in [-0.2, 0) is 16.0 Å². The molecule has 0 aromatic heterocycles. The van der Waals surface area contributed by atoms with Gasteiger partial charge < -0.3 is 16.0 Å². The van der Waals surface area contributed by atoms with Crippen LogP contribution < -0.4 is 16.0 Å². The van der Waals surface area contributed by atoms with E-state index in [0.717, 1.165) is 18.2 Å². The van der Waals surface area contributed by atoms with Crippen LogP contribution in [0, 0.1) is 17.8 Å². The summed E-state index contributed by atoms with van der Waals surface area (Å²) in [7, 11) is 0. The number of rotatable bonds is 5. The lowest BCUT2D eigenvalue weighted by atomic mass is 10.1. The second kappa shape index (κ2) is 7.53. The van der Waals surface area contributed by atoms with Crippen molar-refractivity contribution in [2.45, 2.75) is 19.4 Å². The van der Waals surface area contributed by atoms with E-state index in [1.54, 1.807) is 12.2 Å². The molecule has 0 saturated heterocycles. The Morgan fingerprint density at radius 1 is 1.30 bits per heavy atom. The van der Waals surface area contributed by atoms with Crippen molar-refractivity contribution in [2.75, 3.05) is 6.54 Å². The van der Waals surface area contributed by atoms with Gasteiger partial charge in [-0.05, 0) is 36.8 Å². The van der Waals surface area contributed by atoms with E-state index >= 15 is 0 Å². The summed E-state index contributed by atoms with van der Waals surface area (Å²) in [5.41, 5.74) is 0.785. The lowest BCUT2D eigenvalue weighted by Gasteiger charge is -2.16. The Kier molecular flexibility index (Phi) is 5.46. The fraction of sp³-hybridized carbons (Fsp3) is 0.250. The van der Waals surface area contributed by atoms with Crippen LogP contribution in [0.15, 0.2) is 36.0 Å². The first kappa shape index (κ1) is 16.7. The molecule has 1 atom stereocenters. The number of carbonyl (C=O) groups excluding carboxylic acids is 2. The molecule has 1 radical (unpaired) electrons. The Morgan fingerprint density at radius 2 is 2.00 bits per heavy atom. The van der Waals surface area contributed by atoms with Gasteiger partial charge in [-0.25, -0.2) is 8.78 Å². The molecule has 3 N–H and O–H groups in total. The summed E-state index contributed by atoms with van der Waals surface area (Å²) in [6, 6.07) is 2.10. The molecule has 23 heavy (non-hydrogen) atoms. The van der Waals surface area contributed by atoms with Gasteiger partial charge in [0, 0.05) is 18.3 Å². The standard InChI is InChI=1S/C16H16F2N3O2/c1-10(16(23)21-14-2-4-19-5-3-14)20-15(22)8-11-6-12(17)9-13(18)7-11/h2-3,6-7,9-10,19H,4,8H2,1H3,(H,20,22)(H,21,23)/t10-/m0/s1. The summed E-state index contributed by atoms with van der Waals surface area (Å²) in [6.07, 6.45) is 5.87. The van der Waals surface area contributed by atoms with Gasteiger partial charge in [0.15, 0.2) is 0 Å². The van der Waals surface area contributed by atoms with E-state index in [9.17, 15) is 18.4 Å². The summed E-state index contributed by atoms with van der Waals surface area (Å²) < 4.78 is 26.1. The average Bonchev–Trinajstić information content (AvgIpc) is 2.46. The van der Waals surface area contributed by atoms with E-state index in [0.29, 0.717) is 12.2 Å². The highest BCUT2D eigenvalue weighted by atomic mass is 19.1. The van der Waals surface area contributed by atoms with Gasteiger partial charge in [-0.3, -0.25) is 9.59 Å². The number of hydrogen-bond donors (Lipinski definition) is 3. The van der Waals surface area contributed by atoms with Crippen molar-refractivity contribution in [1.82, 2.24) is 16.0 Å². The number of allylic oxidation sites excluding steroid dienone is 1. The predicted molar refractivity (Wildman–Crippen MR) is 79.7 cm³/mol. The van der Waals surface area contributed by atoms with Gasteiger partial charge in [0.05, 0.1) is 12.6 Å². The topological polar surface area (TPSA) is 70.2 Å². The fourth-order valence-corrected chi connectivity index (χ4v) is 2.00. The monoisotopic (exact) mass is 320 g/mol. The van der Waals surface area contributed by atoms with Crippen LogP contribution in [0.4, 0.5) is 8.78 Å². The van der Waals surface area contributed by atoms with Crippen LogP contribution in [0.25, 0.3) is 0 Å². The molecule has 0 aliphatic carbocycles. The van der Waals surface area contributed by atoms with Gasteiger partial charge in [-0.2, -0.15) is 0 Å². The average molecular weight is 320 g/mol. The summed E-state index contributed by atoms with van der Waals surface area (Å²) in [5, 5.41) is 7.94. The van der Waals surface area contributed by atoms with Crippen molar-refractivity contribution in [3.63, 3.8) is 0 Å². The van der Waals surface area contributed by atoms with Crippen molar-refractivity contribution in [1.29, 1.82) is 0 Å². The number of nitrogens with one attached hydrogen (secondary N) is 3. The molecule has 0 saturated carbocycles.